The van der Waals surface area contributed by atoms with E-state index in [1.807, 2.05) is 6.92 Å². The standard InChI is InChI=1S/C5H4BrS/c1-4-2-5(6)7-3-4/h3H,1H3. The Kier molecular flexibility index (Phi) is 1.50. The molecule has 0 nitrogen and oxygen atoms in total. The van der Waals surface area contributed by atoms with Gasteiger partial charge >= 0.3 is 0 Å². The van der Waals surface area contributed by atoms with Crippen LogP contribution in [0.2, 0.25) is 0 Å². The number of rotatable bonds is 0. The molecule has 0 spiro atoms. The highest BCUT2D eigenvalue weighted by atomic mass is 79.9. The minimum atomic E-state index is 1.09. The third-order valence-corrected chi connectivity index (χ3v) is 2.17. The third kappa shape index (κ3) is 1.28. The number of hydrogen-bond acceptors (Lipinski definition) is 1. The summed E-state index contributed by atoms with van der Waals surface area (Å²) < 4.78 is 1.09. The molecule has 0 amide bonds. The molecule has 0 fully saturated rings. The number of thiophene rings is 1. The van der Waals surface area contributed by atoms with E-state index in [0.29, 0.717) is 0 Å². The van der Waals surface area contributed by atoms with Crippen molar-refractivity contribution in [2.45, 2.75) is 6.92 Å². The lowest BCUT2D eigenvalue weighted by Gasteiger charge is -1.67. The predicted molar refractivity (Wildman–Crippen MR) is 35.6 cm³/mol. The van der Waals surface area contributed by atoms with Crippen molar-refractivity contribution in [3.8, 4) is 0 Å². The van der Waals surface area contributed by atoms with Gasteiger partial charge in [0.15, 0.2) is 0 Å². The SMILES string of the molecule is Cc1[c]c(Br)sc1. The highest BCUT2D eigenvalue weighted by Gasteiger charge is 1.87. The molecule has 1 aromatic rings. The van der Waals surface area contributed by atoms with Crippen molar-refractivity contribution in [1.82, 2.24) is 0 Å². The van der Waals surface area contributed by atoms with Crippen molar-refractivity contribution < 1.29 is 0 Å². The summed E-state index contributed by atoms with van der Waals surface area (Å²) in [5, 5.41) is 2.06. The zero-order valence-electron chi connectivity index (χ0n) is 3.86. The summed E-state index contributed by atoms with van der Waals surface area (Å²) >= 11 is 4.96. The second-order valence-corrected chi connectivity index (χ2v) is 3.51. The van der Waals surface area contributed by atoms with Crippen molar-refractivity contribution in [3.63, 3.8) is 0 Å². The molecule has 0 saturated carbocycles. The minimum Gasteiger partial charge on any atom is -0.136 e. The summed E-state index contributed by atoms with van der Waals surface area (Å²) in [6, 6.07) is 3.07. The lowest BCUT2D eigenvalue weighted by Crippen LogP contribution is -1.51. The second kappa shape index (κ2) is 1.97. The molecule has 1 radical (unpaired) electrons. The van der Waals surface area contributed by atoms with Crippen molar-refractivity contribution in [3.05, 3.63) is 20.8 Å². The summed E-state index contributed by atoms with van der Waals surface area (Å²) in [4.78, 5) is 0. The highest BCUT2D eigenvalue weighted by Crippen LogP contribution is 2.18. The molecule has 0 aliphatic heterocycles. The van der Waals surface area contributed by atoms with Crippen LogP contribution in [0.3, 0.4) is 0 Å². The lowest BCUT2D eigenvalue weighted by molar-refractivity contribution is 1.54. The normalized spacial score (nSPS) is 9.43. The monoisotopic (exact) mass is 175 g/mol. The van der Waals surface area contributed by atoms with Crippen LogP contribution in [0.25, 0.3) is 0 Å². The van der Waals surface area contributed by atoms with Crippen LogP contribution in [0.15, 0.2) is 9.17 Å². The summed E-state index contributed by atoms with van der Waals surface area (Å²) in [5.41, 5.74) is 1.21. The molecule has 0 unspecified atom stereocenters. The van der Waals surface area contributed by atoms with Crippen LogP contribution >= 0.6 is 27.3 Å². The maximum Gasteiger partial charge on any atom is 0.0780 e. The maximum atomic E-state index is 3.30. The average molecular weight is 176 g/mol. The Hall–Kier alpha value is 0.180. The van der Waals surface area contributed by atoms with Gasteiger partial charge < -0.3 is 0 Å². The molecular formula is C5H4BrS. The van der Waals surface area contributed by atoms with E-state index >= 15 is 0 Å². The third-order valence-electron chi connectivity index (χ3n) is 0.635. The van der Waals surface area contributed by atoms with Gasteiger partial charge in [-0.2, -0.15) is 0 Å². The molecule has 1 rings (SSSR count). The molecule has 0 bridgehead atoms. The van der Waals surface area contributed by atoms with Crippen LogP contribution in [0.5, 0.6) is 0 Å². The first-order valence-corrected chi connectivity index (χ1v) is 3.59. The van der Waals surface area contributed by atoms with E-state index in [4.69, 9.17) is 0 Å². The summed E-state index contributed by atoms with van der Waals surface area (Å²) in [6.07, 6.45) is 0. The van der Waals surface area contributed by atoms with E-state index in [1.165, 1.54) is 5.56 Å². The van der Waals surface area contributed by atoms with Gasteiger partial charge in [0.1, 0.15) is 0 Å². The van der Waals surface area contributed by atoms with Gasteiger partial charge in [0.25, 0.3) is 0 Å². The van der Waals surface area contributed by atoms with Crippen molar-refractivity contribution in [1.29, 1.82) is 0 Å². The molecule has 0 N–H and O–H groups in total. The van der Waals surface area contributed by atoms with Gasteiger partial charge in [-0.1, -0.05) is 0 Å². The Bertz CT molecular complexity index is 140. The van der Waals surface area contributed by atoms with Gasteiger partial charge in [-0.05, 0) is 33.8 Å². The second-order valence-electron chi connectivity index (χ2n) is 1.32. The van der Waals surface area contributed by atoms with Crippen LogP contribution < -0.4 is 0 Å². The van der Waals surface area contributed by atoms with Crippen molar-refractivity contribution >= 4 is 27.3 Å². The van der Waals surface area contributed by atoms with Gasteiger partial charge in [0, 0.05) is 6.07 Å². The van der Waals surface area contributed by atoms with E-state index < -0.39 is 0 Å². The van der Waals surface area contributed by atoms with Gasteiger partial charge in [-0.15, -0.1) is 11.3 Å². The lowest BCUT2D eigenvalue weighted by atomic mass is 10.4. The van der Waals surface area contributed by atoms with E-state index in [2.05, 4.69) is 27.4 Å². The number of aryl methyl sites for hydroxylation is 1. The van der Waals surface area contributed by atoms with E-state index in [1.54, 1.807) is 11.3 Å². The predicted octanol–water partition coefficient (Wildman–Crippen LogP) is 2.62. The molecule has 7 heavy (non-hydrogen) atoms. The molecule has 0 aliphatic rings. The topological polar surface area (TPSA) is 0 Å². The average Bonchev–Trinajstić information content (AvgIpc) is 1.87. The molecule has 0 saturated heterocycles. The van der Waals surface area contributed by atoms with Crippen molar-refractivity contribution in [2.24, 2.45) is 0 Å². The van der Waals surface area contributed by atoms with Crippen LogP contribution in [0.1, 0.15) is 5.56 Å². The molecule has 1 heterocycles. The first-order valence-electron chi connectivity index (χ1n) is 1.92. The van der Waals surface area contributed by atoms with Gasteiger partial charge in [0.05, 0.1) is 3.79 Å². The zero-order chi connectivity index (χ0) is 5.28. The Morgan fingerprint density at radius 2 is 2.57 bits per heavy atom. The van der Waals surface area contributed by atoms with Gasteiger partial charge in [0.2, 0.25) is 0 Å². The number of hydrogen-bond donors (Lipinski definition) is 0. The van der Waals surface area contributed by atoms with Crippen LogP contribution in [-0.2, 0) is 0 Å². The van der Waals surface area contributed by atoms with E-state index in [9.17, 15) is 0 Å². The minimum absolute atomic E-state index is 1.09. The fraction of sp³-hybridized carbons (Fsp3) is 0.200. The number of halogens is 1. The Labute approximate surface area is 55.3 Å². The molecular weight excluding hydrogens is 172 g/mol. The largest absolute Gasteiger partial charge is 0.136 e. The van der Waals surface area contributed by atoms with Gasteiger partial charge in [-0.25, -0.2) is 0 Å². The van der Waals surface area contributed by atoms with E-state index in [-0.39, 0.29) is 0 Å². The summed E-state index contributed by atoms with van der Waals surface area (Å²) in [5.74, 6) is 0. The fourth-order valence-electron chi connectivity index (χ4n) is 0.354. The smallest absolute Gasteiger partial charge is 0.0780 e. The highest BCUT2D eigenvalue weighted by molar-refractivity contribution is 9.11. The molecule has 0 aromatic carbocycles. The molecule has 1 aromatic heterocycles. The van der Waals surface area contributed by atoms with Crippen molar-refractivity contribution in [2.75, 3.05) is 0 Å². The molecule has 37 valence electrons. The van der Waals surface area contributed by atoms with Gasteiger partial charge in [-0.3, -0.25) is 0 Å². The molecule has 2 heteroatoms. The quantitative estimate of drug-likeness (QED) is 0.569. The fourth-order valence-corrected chi connectivity index (χ4v) is 1.51. The maximum absolute atomic E-state index is 3.30. The Balaban J connectivity index is 3.04. The Morgan fingerprint density at radius 3 is 2.71 bits per heavy atom. The molecule has 0 atom stereocenters. The van der Waals surface area contributed by atoms with Crippen LogP contribution in [0, 0.1) is 13.0 Å². The Morgan fingerprint density at radius 1 is 1.86 bits per heavy atom. The van der Waals surface area contributed by atoms with E-state index in [0.717, 1.165) is 3.79 Å². The first-order chi connectivity index (χ1) is 3.29. The zero-order valence-corrected chi connectivity index (χ0v) is 6.27. The summed E-state index contributed by atoms with van der Waals surface area (Å²) in [6.45, 7) is 2.03. The first kappa shape index (κ1) is 5.32. The van der Waals surface area contributed by atoms with Crippen LogP contribution in [-0.4, -0.2) is 0 Å². The summed E-state index contributed by atoms with van der Waals surface area (Å²) in [7, 11) is 0. The molecule has 0 aliphatic carbocycles. The van der Waals surface area contributed by atoms with Crippen LogP contribution in [0.4, 0.5) is 0 Å².